The molecule has 0 bridgehead atoms. The molecule has 1 aliphatic carbocycles. The zero-order chi connectivity index (χ0) is 27.9. The first kappa shape index (κ1) is 27.3. The highest BCUT2D eigenvalue weighted by molar-refractivity contribution is 5.92. The number of hydrogen-bond donors (Lipinski definition) is 2. The van der Waals surface area contributed by atoms with Crippen molar-refractivity contribution in [2.45, 2.75) is 57.2 Å². The van der Waals surface area contributed by atoms with E-state index < -0.39 is 6.04 Å². The first-order chi connectivity index (χ1) is 19.6. The Kier molecular flexibility index (Phi) is 8.69. The second kappa shape index (κ2) is 12.7. The number of carbonyl (C=O) groups is 2. The predicted octanol–water partition coefficient (Wildman–Crippen LogP) is 5.95. The number of nitrogens with zero attached hydrogens (tertiary/aromatic N) is 1. The summed E-state index contributed by atoms with van der Waals surface area (Å²) >= 11 is 0. The Hall–Kier alpha value is -4.26. The van der Waals surface area contributed by atoms with Gasteiger partial charge in [0.15, 0.2) is 0 Å². The maximum Gasteiger partial charge on any atom is 0.247 e. The van der Waals surface area contributed by atoms with Gasteiger partial charge >= 0.3 is 0 Å². The van der Waals surface area contributed by atoms with Crippen molar-refractivity contribution in [3.8, 4) is 11.5 Å². The van der Waals surface area contributed by atoms with Crippen LogP contribution in [0.3, 0.4) is 0 Å². The fraction of sp³-hybridized carbons (Fsp3) is 0.333. The average Bonchev–Trinajstić information content (AvgIpc) is 3.40. The van der Waals surface area contributed by atoms with Crippen molar-refractivity contribution in [3.05, 3.63) is 95.7 Å². The molecule has 1 atom stereocenters. The second-order valence-electron chi connectivity index (χ2n) is 10.4. The number of hydrogen-bond acceptors (Lipinski definition) is 4. The number of benzene rings is 3. The van der Waals surface area contributed by atoms with E-state index in [-0.39, 0.29) is 30.8 Å². The average molecular weight is 540 g/mol. The number of rotatable bonds is 10. The fourth-order valence-electron chi connectivity index (χ4n) is 5.67. The smallest absolute Gasteiger partial charge is 0.247 e. The number of carbonyl (C=O) groups excluding carboxylic acids is 2. The van der Waals surface area contributed by atoms with E-state index in [0.717, 1.165) is 53.3 Å². The number of aromatic amines is 1. The number of para-hydroxylation sites is 2. The maximum atomic E-state index is 14.3. The lowest BCUT2D eigenvalue weighted by atomic mass is 9.94. The molecule has 40 heavy (non-hydrogen) atoms. The molecule has 2 amide bonds. The van der Waals surface area contributed by atoms with E-state index >= 15 is 0 Å². The largest absolute Gasteiger partial charge is 0.497 e. The van der Waals surface area contributed by atoms with E-state index in [1.54, 1.807) is 19.1 Å². The van der Waals surface area contributed by atoms with Gasteiger partial charge in [0.05, 0.1) is 27.2 Å². The summed E-state index contributed by atoms with van der Waals surface area (Å²) in [6.07, 6.45) is 7.34. The molecule has 0 unspecified atom stereocenters. The lowest BCUT2D eigenvalue weighted by molar-refractivity contribution is -0.141. The first-order valence-corrected chi connectivity index (χ1v) is 14.0. The van der Waals surface area contributed by atoms with Crippen LogP contribution in [0, 0.1) is 0 Å². The number of ether oxygens (including phenoxy) is 2. The van der Waals surface area contributed by atoms with E-state index in [9.17, 15) is 9.59 Å². The summed E-state index contributed by atoms with van der Waals surface area (Å²) in [6.45, 7) is 0.222. The molecule has 5 rings (SSSR count). The Balaban J connectivity index is 1.54. The predicted molar refractivity (Wildman–Crippen MR) is 156 cm³/mol. The summed E-state index contributed by atoms with van der Waals surface area (Å²) in [5, 5.41) is 4.28. The minimum atomic E-state index is -0.824. The van der Waals surface area contributed by atoms with Crippen LogP contribution in [0.2, 0.25) is 0 Å². The topological polar surface area (TPSA) is 83.7 Å². The van der Waals surface area contributed by atoms with Gasteiger partial charge in [0.1, 0.15) is 17.5 Å². The third-order valence-electron chi connectivity index (χ3n) is 7.81. The van der Waals surface area contributed by atoms with Crippen molar-refractivity contribution in [3.63, 3.8) is 0 Å². The van der Waals surface area contributed by atoms with Crippen LogP contribution in [0.25, 0.3) is 10.9 Å². The standard InChI is InChI=1S/C33H37N3O4/c1-39-27-18-16-23(17-19-27)32(33(38)35-26-11-4-3-5-12-26)36(22-24-10-6-9-15-30(24)40-2)31(37)20-25-21-34-29-14-8-7-13-28(25)29/h6-10,13-19,21,26,32,34H,3-5,11-12,20,22H2,1-2H3,(H,35,38)/t32-/m1/s1. The monoisotopic (exact) mass is 539 g/mol. The highest BCUT2D eigenvalue weighted by Gasteiger charge is 2.34. The summed E-state index contributed by atoms with van der Waals surface area (Å²) in [7, 11) is 3.23. The Labute approximate surface area is 235 Å². The number of methoxy groups -OCH3 is 2. The van der Waals surface area contributed by atoms with Crippen LogP contribution in [0.1, 0.15) is 54.8 Å². The van der Waals surface area contributed by atoms with Gasteiger partial charge < -0.3 is 24.7 Å². The molecular formula is C33H37N3O4. The SMILES string of the molecule is COc1ccc([C@H](C(=O)NC2CCCCC2)N(Cc2ccccc2OC)C(=O)Cc2c[nH]c3ccccc23)cc1. The molecule has 2 N–H and O–H groups in total. The van der Waals surface area contributed by atoms with Crippen LogP contribution in [0.4, 0.5) is 0 Å². The second-order valence-corrected chi connectivity index (χ2v) is 10.4. The zero-order valence-electron chi connectivity index (χ0n) is 23.2. The molecule has 1 aliphatic rings. The van der Waals surface area contributed by atoms with Crippen molar-refractivity contribution >= 4 is 22.7 Å². The van der Waals surface area contributed by atoms with Gasteiger partial charge in [0.25, 0.3) is 0 Å². The van der Waals surface area contributed by atoms with Crippen molar-refractivity contribution in [1.82, 2.24) is 15.2 Å². The first-order valence-electron chi connectivity index (χ1n) is 14.0. The fourth-order valence-corrected chi connectivity index (χ4v) is 5.67. The highest BCUT2D eigenvalue weighted by atomic mass is 16.5. The lowest BCUT2D eigenvalue weighted by Gasteiger charge is -2.34. The van der Waals surface area contributed by atoms with E-state index in [1.165, 1.54) is 6.42 Å². The van der Waals surface area contributed by atoms with Gasteiger partial charge in [-0.2, -0.15) is 0 Å². The molecule has 0 spiro atoms. The number of H-pyrrole nitrogens is 1. The number of nitrogens with one attached hydrogen (secondary N) is 2. The Morgan fingerprint density at radius 2 is 1.62 bits per heavy atom. The molecule has 1 fully saturated rings. The third kappa shape index (κ3) is 6.14. The van der Waals surface area contributed by atoms with Crippen LogP contribution in [-0.2, 0) is 22.6 Å². The number of aromatic nitrogens is 1. The van der Waals surface area contributed by atoms with E-state index in [2.05, 4.69) is 10.3 Å². The van der Waals surface area contributed by atoms with Crippen LogP contribution >= 0.6 is 0 Å². The van der Waals surface area contributed by atoms with Gasteiger partial charge in [0.2, 0.25) is 11.8 Å². The van der Waals surface area contributed by atoms with Crippen LogP contribution in [-0.4, -0.2) is 42.0 Å². The molecule has 7 nitrogen and oxygen atoms in total. The summed E-state index contributed by atoms with van der Waals surface area (Å²) < 4.78 is 11.0. The van der Waals surface area contributed by atoms with Crippen LogP contribution in [0.5, 0.6) is 11.5 Å². The summed E-state index contributed by atoms with van der Waals surface area (Å²) in [6, 6.07) is 22.3. The molecule has 3 aromatic carbocycles. The summed E-state index contributed by atoms with van der Waals surface area (Å²) in [5.74, 6) is 1.06. The van der Waals surface area contributed by atoms with E-state index in [0.29, 0.717) is 11.5 Å². The molecule has 1 heterocycles. The molecule has 0 radical (unpaired) electrons. The van der Waals surface area contributed by atoms with Crippen molar-refractivity contribution in [2.75, 3.05) is 14.2 Å². The Morgan fingerprint density at radius 3 is 2.38 bits per heavy atom. The van der Waals surface area contributed by atoms with Crippen molar-refractivity contribution in [2.24, 2.45) is 0 Å². The molecule has 1 saturated carbocycles. The minimum Gasteiger partial charge on any atom is -0.497 e. The van der Waals surface area contributed by atoms with Crippen LogP contribution in [0.15, 0.2) is 79.0 Å². The van der Waals surface area contributed by atoms with E-state index in [1.807, 2.05) is 79.0 Å². The van der Waals surface area contributed by atoms with Crippen molar-refractivity contribution < 1.29 is 19.1 Å². The van der Waals surface area contributed by atoms with Gasteiger partial charge in [-0.25, -0.2) is 0 Å². The quantitative estimate of drug-likeness (QED) is 0.261. The molecule has 4 aromatic rings. The Bertz CT molecular complexity index is 1440. The van der Waals surface area contributed by atoms with Gasteiger partial charge in [-0.05, 0) is 48.2 Å². The molecule has 0 saturated heterocycles. The van der Waals surface area contributed by atoms with Gasteiger partial charge in [0, 0.05) is 28.7 Å². The van der Waals surface area contributed by atoms with Gasteiger partial charge in [-0.1, -0.05) is 67.8 Å². The molecule has 7 heteroatoms. The number of fused-ring (bicyclic) bond motifs is 1. The Morgan fingerprint density at radius 1 is 0.900 bits per heavy atom. The number of amides is 2. The summed E-state index contributed by atoms with van der Waals surface area (Å²) in [4.78, 5) is 33.3. The van der Waals surface area contributed by atoms with Gasteiger partial charge in [-0.15, -0.1) is 0 Å². The normalized spacial score (nSPS) is 14.4. The molecular weight excluding hydrogens is 502 g/mol. The zero-order valence-corrected chi connectivity index (χ0v) is 23.2. The third-order valence-corrected chi connectivity index (χ3v) is 7.81. The summed E-state index contributed by atoms with van der Waals surface area (Å²) in [5.41, 5.74) is 3.44. The van der Waals surface area contributed by atoms with Crippen molar-refractivity contribution in [1.29, 1.82) is 0 Å². The highest BCUT2D eigenvalue weighted by Crippen LogP contribution is 2.30. The lowest BCUT2D eigenvalue weighted by Crippen LogP contribution is -2.47. The van der Waals surface area contributed by atoms with E-state index in [4.69, 9.17) is 9.47 Å². The van der Waals surface area contributed by atoms with Gasteiger partial charge in [-0.3, -0.25) is 9.59 Å². The van der Waals surface area contributed by atoms with Crippen LogP contribution < -0.4 is 14.8 Å². The maximum absolute atomic E-state index is 14.3. The molecule has 208 valence electrons. The molecule has 0 aliphatic heterocycles. The molecule has 1 aromatic heterocycles. The minimum absolute atomic E-state index is 0.110.